The van der Waals surface area contributed by atoms with Gasteiger partial charge in [-0.2, -0.15) is 0 Å². The molecule has 0 unspecified atom stereocenters. The van der Waals surface area contributed by atoms with Crippen LogP contribution in [0.2, 0.25) is 0 Å². The number of carbonyl (C=O) groups is 11. The summed E-state index contributed by atoms with van der Waals surface area (Å²) in [6, 6.07) is 26.5. The number of ether oxygens (including phenoxy) is 1. The van der Waals surface area contributed by atoms with Crippen LogP contribution in [0, 0.1) is 29.6 Å². The van der Waals surface area contributed by atoms with Crippen LogP contribution in [0.15, 0.2) is 109 Å². The van der Waals surface area contributed by atoms with Crippen molar-refractivity contribution < 1.29 is 67.4 Å². The zero-order chi connectivity index (χ0) is 74.8. The van der Waals surface area contributed by atoms with Gasteiger partial charge in [0, 0.05) is 56.1 Å². The molecule has 103 heavy (non-hydrogen) atoms. The Bertz CT molecular complexity index is 3850. The summed E-state index contributed by atoms with van der Waals surface area (Å²) in [5.41, 5.74) is 3.80. The molecule has 7 rings (SSSR count). The number of esters is 1. The van der Waals surface area contributed by atoms with E-state index in [4.69, 9.17) is 16.0 Å². The lowest BCUT2D eigenvalue weighted by Crippen LogP contribution is -2.58. The average molecular weight is 1430 g/mol. The molecule has 3 heterocycles. The van der Waals surface area contributed by atoms with Crippen molar-refractivity contribution in [2.24, 2.45) is 17.3 Å². The van der Waals surface area contributed by atoms with Crippen molar-refractivity contribution >= 4 is 100.0 Å². The summed E-state index contributed by atoms with van der Waals surface area (Å²) in [6.07, 6.45) is 12.1. The number of rotatable bonds is 36. The number of hydrogen-bond acceptors (Lipinski definition) is 16. The van der Waals surface area contributed by atoms with E-state index in [0.29, 0.717) is 54.7 Å². The lowest BCUT2D eigenvalue weighted by Gasteiger charge is -2.39. The van der Waals surface area contributed by atoms with Gasteiger partial charge in [0.05, 0.1) is 56.0 Å². The van der Waals surface area contributed by atoms with E-state index < -0.39 is 115 Å². The van der Waals surface area contributed by atoms with E-state index in [1.54, 1.807) is 59.5 Å². The number of nitrogens with one attached hydrogen (secondary N) is 7. The van der Waals surface area contributed by atoms with Crippen molar-refractivity contribution in [1.82, 2.24) is 46.8 Å². The number of likely N-dealkylation sites (tertiary alicyclic amines) is 1. The smallest absolute Gasteiger partial charge is 0.309 e. The van der Waals surface area contributed by atoms with Crippen molar-refractivity contribution in [2.75, 3.05) is 50.1 Å². The normalized spacial score (nSPS) is 15.6. The maximum absolute atomic E-state index is 14.9. The number of amides is 9. The molecule has 2 aliphatic heterocycles. The zero-order valence-corrected chi connectivity index (χ0v) is 60.7. The highest BCUT2D eigenvalue weighted by Gasteiger charge is 2.41. The number of aromatic nitrogens is 1. The Hall–Kier alpha value is -10.1. The molecule has 1 saturated heterocycles. The quantitative estimate of drug-likeness (QED) is 0.00824. The van der Waals surface area contributed by atoms with E-state index in [1.165, 1.54) is 31.2 Å². The number of carbonyl (C=O) groups excluding carboxylic acids is 10. The summed E-state index contributed by atoms with van der Waals surface area (Å²) in [6.45, 7) is 11.5. The number of fused-ring (bicyclic) bond motifs is 2. The van der Waals surface area contributed by atoms with Crippen LogP contribution in [-0.2, 0) is 76.9 Å². The van der Waals surface area contributed by atoms with Gasteiger partial charge in [-0.05, 0) is 117 Å². The van der Waals surface area contributed by atoms with Gasteiger partial charge in [-0.1, -0.05) is 138 Å². The molecular formula is C77H97N11O14S. The number of aliphatic carboxylic acids is 1. The van der Waals surface area contributed by atoms with Gasteiger partial charge in [0.15, 0.2) is 6.10 Å². The Kier molecular flexibility index (Phi) is 30.7. The lowest BCUT2D eigenvalue weighted by molar-refractivity contribution is -0.213. The molecule has 5 aromatic rings. The third kappa shape index (κ3) is 24.6. The number of carboxylic acids is 1. The fraction of sp³-hybridized carbons (Fsp3) is 0.455. The molecule has 7 atom stereocenters. The Morgan fingerprint density at radius 3 is 2.12 bits per heavy atom. The molecule has 1 fully saturated rings. The van der Waals surface area contributed by atoms with Crippen molar-refractivity contribution in [2.45, 2.75) is 168 Å². The van der Waals surface area contributed by atoms with E-state index in [2.05, 4.69) is 48.1 Å². The second-order valence-corrected chi connectivity index (χ2v) is 27.9. The van der Waals surface area contributed by atoms with E-state index >= 15 is 0 Å². The monoisotopic (exact) mass is 1430 g/mol. The lowest BCUT2D eigenvalue weighted by atomic mass is 9.84. The Labute approximate surface area is 606 Å². The standard InChI is InChI=1S/C77H97N11O14S/c1-10-12-22-39-101-88(75(98)70(50(5)11-2)85-73(97)62-29-20-21-38-86(62)9)63(49(3)4)42-64(102-51(6)89)74-84-60(48-103-74)72(96)82-58(43-77(7,8)76(99)100)40-53-30-34-57(35-31-53)81-67(92)46-80-71(95)59(41-52-23-14-13-15-24-52)83-68(93)45-79-66(91)44-78-65(90)36-37-69(94)87-47-56-27-17-16-25-54(56)32-33-55-26-18-19-28-61(55)87/h1,13-19,23-28,30-35,48-50,58-59,62-64,70H,11-12,20-22,29,36-47H2,2-9H3,(H,78,90)(H,79,91)(H,80,95)(H,81,92)(H,82,96)(H,83,93)(H,85,97)(H,99,100)/b33-32-/t50-,58-,59-,62+,63+,64+,70-/m0/s1. The topological polar surface area (TPSA) is 333 Å². The average Bonchev–Trinajstić information content (AvgIpc) is 1.61. The van der Waals surface area contributed by atoms with Crippen LogP contribution in [0.3, 0.4) is 0 Å². The summed E-state index contributed by atoms with van der Waals surface area (Å²) in [5.74, 6) is -4.68. The van der Waals surface area contributed by atoms with Crippen molar-refractivity contribution in [1.29, 1.82) is 0 Å². The molecule has 2 aliphatic rings. The molecule has 0 aliphatic carbocycles. The summed E-state index contributed by atoms with van der Waals surface area (Å²) in [7, 11) is 1.90. The van der Waals surface area contributed by atoms with Crippen molar-refractivity contribution in [3.05, 3.63) is 147 Å². The highest BCUT2D eigenvalue weighted by molar-refractivity contribution is 7.09. The second kappa shape index (κ2) is 39.4. The van der Waals surface area contributed by atoms with Crippen molar-refractivity contribution in [3.63, 3.8) is 0 Å². The number of piperidine rings is 1. The van der Waals surface area contributed by atoms with Gasteiger partial charge in [-0.15, -0.1) is 23.7 Å². The number of hydrogen-bond donors (Lipinski definition) is 8. The predicted octanol–water partition coefficient (Wildman–Crippen LogP) is 7.70. The van der Waals surface area contributed by atoms with Gasteiger partial charge in [-0.25, -0.2) is 10.0 Å². The first-order valence-electron chi connectivity index (χ1n) is 35.0. The number of unbranched alkanes of at least 4 members (excludes halogenated alkanes) is 1. The molecule has 0 radical (unpaired) electrons. The highest BCUT2D eigenvalue weighted by Crippen LogP contribution is 2.34. The molecule has 0 bridgehead atoms. The number of anilines is 2. The second-order valence-electron chi connectivity index (χ2n) is 27.0. The maximum atomic E-state index is 14.9. The van der Waals surface area contributed by atoms with Crippen LogP contribution in [0.5, 0.6) is 0 Å². The number of terminal acetylenes is 1. The fourth-order valence-electron chi connectivity index (χ4n) is 12.1. The van der Waals surface area contributed by atoms with Gasteiger partial charge in [0.25, 0.3) is 11.8 Å². The van der Waals surface area contributed by atoms with E-state index in [0.717, 1.165) is 47.4 Å². The molecule has 26 heteroatoms. The third-order valence-electron chi connectivity index (χ3n) is 18.2. The van der Waals surface area contributed by atoms with Crippen LogP contribution < -0.4 is 42.1 Å². The Morgan fingerprint density at radius 1 is 0.767 bits per heavy atom. The SMILES string of the molecule is C#CCCCON(C(=O)[C@@H](NC(=O)[C@H]1CCCCN1C)[C@@H](C)CC)[C@H](C[C@@H](OC(C)=O)c1nc(C(=O)N[C@@H](Cc2ccc(NC(=O)CNC(=O)[C@H](Cc3ccccc3)NC(=O)CNC(=O)CNC(=O)CCC(=O)N3Cc4ccccc4/C=C\c4ccccc43)cc2)CC(C)(C)C(=O)O)cs1)C(C)C. The Morgan fingerprint density at radius 2 is 1.43 bits per heavy atom. The third-order valence-corrected chi connectivity index (χ3v) is 19.1. The van der Waals surface area contributed by atoms with Crippen LogP contribution in [0.25, 0.3) is 12.2 Å². The van der Waals surface area contributed by atoms with Gasteiger partial charge in [0.2, 0.25) is 41.4 Å². The molecule has 0 spiro atoms. The van der Waals surface area contributed by atoms with Gasteiger partial charge in [0.1, 0.15) is 22.8 Å². The van der Waals surface area contributed by atoms with Gasteiger partial charge >= 0.3 is 11.9 Å². The van der Waals surface area contributed by atoms with Crippen LogP contribution in [-0.4, -0.2) is 155 Å². The molecule has 550 valence electrons. The molecular weight excluding hydrogens is 1330 g/mol. The number of hydroxylamine groups is 2. The predicted molar refractivity (Wildman–Crippen MR) is 392 cm³/mol. The number of likely N-dealkylation sites (N-methyl/N-ethyl adjacent to an activating group) is 1. The number of benzene rings is 4. The summed E-state index contributed by atoms with van der Waals surface area (Å²) >= 11 is 1.06. The minimum Gasteiger partial charge on any atom is -0.481 e. The highest BCUT2D eigenvalue weighted by atomic mass is 32.1. The number of para-hydroxylation sites is 1. The van der Waals surface area contributed by atoms with Gasteiger partial charge < -0.3 is 52.0 Å². The van der Waals surface area contributed by atoms with Crippen LogP contribution in [0.1, 0.15) is 162 Å². The van der Waals surface area contributed by atoms with E-state index in [9.17, 15) is 57.8 Å². The zero-order valence-electron chi connectivity index (χ0n) is 59.9. The summed E-state index contributed by atoms with van der Waals surface area (Å²) in [5, 5.41) is 32.1. The molecule has 25 nitrogen and oxygen atoms in total. The van der Waals surface area contributed by atoms with Crippen LogP contribution >= 0.6 is 11.3 Å². The number of thiazole rings is 1. The summed E-state index contributed by atoms with van der Waals surface area (Å²) in [4.78, 5) is 163. The maximum Gasteiger partial charge on any atom is 0.309 e. The van der Waals surface area contributed by atoms with Gasteiger partial charge in [-0.3, -0.25) is 62.5 Å². The molecule has 4 aromatic carbocycles. The fourth-order valence-corrected chi connectivity index (χ4v) is 13.0. The van der Waals surface area contributed by atoms with E-state index in [-0.39, 0.29) is 79.5 Å². The number of nitrogens with zero attached hydrogens (tertiary/aromatic N) is 4. The van der Waals surface area contributed by atoms with Crippen molar-refractivity contribution in [3.8, 4) is 12.3 Å². The minimum atomic E-state index is -1.31. The van der Waals surface area contributed by atoms with E-state index in [1.807, 2.05) is 100 Å². The van der Waals surface area contributed by atoms with Crippen LogP contribution in [0.4, 0.5) is 11.4 Å². The molecule has 0 saturated carbocycles. The Balaban J connectivity index is 0.933. The largest absolute Gasteiger partial charge is 0.481 e. The first-order valence-corrected chi connectivity index (χ1v) is 35.9. The first-order chi connectivity index (χ1) is 49.2. The number of carboxylic acid groups (broad SMARTS) is 1. The first kappa shape index (κ1) is 80.2. The molecule has 1 aromatic heterocycles. The molecule has 9 amide bonds. The molecule has 8 N–H and O–H groups in total. The minimum absolute atomic E-state index is 0.00852. The summed E-state index contributed by atoms with van der Waals surface area (Å²) < 4.78 is 5.91.